The molecule has 4 fully saturated rings. The van der Waals surface area contributed by atoms with E-state index in [0.717, 1.165) is 23.0 Å². The van der Waals surface area contributed by atoms with E-state index in [9.17, 15) is 13.2 Å². The van der Waals surface area contributed by atoms with E-state index >= 15 is 0 Å². The Bertz CT molecular complexity index is 1520. The average molecular weight is 835 g/mol. The van der Waals surface area contributed by atoms with Gasteiger partial charge in [0.15, 0.2) is 0 Å². The van der Waals surface area contributed by atoms with Crippen LogP contribution in [0.4, 0.5) is 13.2 Å². The van der Waals surface area contributed by atoms with Crippen LogP contribution in [0.5, 0.6) is 0 Å². The zero-order chi connectivity index (χ0) is 38.7. The predicted molar refractivity (Wildman–Crippen MR) is 234 cm³/mol. The fourth-order valence-electron chi connectivity index (χ4n) is 10.2. The molecule has 0 aliphatic heterocycles. The van der Waals surface area contributed by atoms with Gasteiger partial charge in [-0.05, 0) is 135 Å². The van der Waals surface area contributed by atoms with Crippen molar-refractivity contribution in [3.8, 4) is 0 Å². The molecule has 4 atom stereocenters. The molecular weight excluding hydrogens is 763 g/mol. The van der Waals surface area contributed by atoms with Gasteiger partial charge in [-0.3, -0.25) is 0 Å². The minimum absolute atomic E-state index is 0. The van der Waals surface area contributed by atoms with Gasteiger partial charge in [-0.1, -0.05) is 172 Å². The van der Waals surface area contributed by atoms with Crippen LogP contribution in [0.2, 0.25) is 0 Å². The van der Waals surface area contributed by atoms with Crippen LogP contribution >= 0.6 is 15.8 Å². The number of alkyl halides is 3. The van der Waals surface area contributed by atoms with Gasteiger partial charge in [0.05, 0.1) is 5.56 Å². The molecule has 306 valence electrons. The Morgan fingerprint density at radius 1 is 0.600 bits per heavy atom. The van der Waals surface area contributed by atoms with Crippen LogP contribution in [0.15, 0.2) is 60.7 Å². The van der Waals surface area contributed by atoms with Crippen LogP contribution in [0.25, 0.3) is 0 Å². The Hall–Kier alpha value is -1.17. The second kappa shape index (κ2) is 22.8. The molecule has 0 spiro atoms. The SMILES string of the molecule is C1CCCC1.CCC.Cc1cc(C)cc(P(c2cc(C)cc(C(F)(F)F)c2)[C@H](C)C2CCCC2c2ccccc2P(C2CCCCC2)C2CCCCC2)c1.[Fe]. The van der Waals surface area contributed by atoms with E-state index in [1.807, 2.05) is 6.92 Å². The van der Waals surface area contributed by atoms with Crippen LogP contribution < -0.4 is 15.9 Å². The number of halogens is 3. The Morgan fingerprint density at radius 2 is 1.05 bits per heavy atom. The summed E-state index contributed by atoms with van der Waals surface area (Å²) in [6, 6.07) is 21.1. The van der Waals surface area contributed by atoms with Gasteiger partial charge >= 0.3 is 6.18 Å². The summed E-state index contributed by atoms with van der Waals surface area (Å²) in [6.45, 7) is 12.7. The molecular formula is C49H71F3FeP2. The zero-order valence-corrected chi connectivity index (χ0v) is 37.9. The molecule has 0 amide bonds. The van der Waals surface area contributed by atoms with Gasteiger partial charge in [0.1, 0.15) is 0 Å². The fourth-order valence-corrected chi connectivity index (χ4v) is 17.6. The van der Waals surface area contributed by atoms with E-state index in [2.05, 4.69) is 83.1 Å². The number of aryl methyl sites for hydroxylation is 3. The maximum atomic E-state index is 14.2. The van der Waals surface area contributed by atoms with Crippen LogP contribution in [0.1, 0.15) is 177 Å². The third-order valence-electron chi connectivity index (χ3n) is 12.5. The Kier molecular flexibility index (Phi) is 19.3. The molecule has 0 aromatic heterocycles. The predicted octanol–water partition coefficient (Wildman–Crippen LogP) is 15.2. The van der Waals surface area contributed by atoms with Crippen molar-refractivity contribution in [1.82, 2.24) is 0 Å². The third-order valence-corrected chi connectivity index (χ3v) is 18.9. The van der Waals surface area contributed by atoms with Crippen molar-refractivity contribution < 1.29 is 30.2 Å². The normalized spacial score (nSPS) is 21.9. The summed E-state index contributed by atoms with van der Waals surface area (Å²) < 4.78 is 42.5. The second-order valence-electron chi connectivity index (χ2n) is 17.2. The molecule has 4 aliphatic carbocycles. The number of hydrogen-bond donors (Lipinski definition) is 0. The van der Waals surface area contributed by atoms with E-state index in [1.54, 1.807) is 10.9 Å². The topological polar surface area (TPSA) is 0 Å². The van der Waals surface area contributed by atoms with E-state index in [4.69, 9.17) is 0 Å². The van der Waals surface area contributed by atoms with Crippen molar-refractivity contribution in [2.45, 2.75) is 193 Å². The molecule has 0 saturated heterocycles. The largest absolute Gasteiger partial charge is 0.416 e. The molecule has 0 nitrogen and oxygen atoms in total. The van der Waals surface area contributed by atoms with Gasteiger partial charge in [0.25, 0.3) is 0 Å². The van der Waals surface area contributed by atoms with Gasteiger partial charge < -0.3 is 0 Å². The first-order valence-corrected chi connectivity index (χ1v) is 24.8. The molecule has 3 unspecified atom stereocenters. The number of benzene rings is 3. The molecule has 7 rings (SSSR count). The summed E-state index contributed by atoms with van der Waals surface area (Å²) in [5.41, 5.74) is 6.16. The minimum Gasteiger partial charge on any atom is -0.166 e. The first kappa shape index (κ1) is 46.5. The molecule has 3 aromatic carbocycles. The Morgan fingerprint density at radius 3 is 1.56 bits per heavy atom. The summed E-state index contributed by atoms with van der Waals surface area (Å²) in [5.74, 6) is 0.934. The smallest absolute Gasteiger partial charge is 0.166 e. The summed E-state index contributed by atoms with van der Waals surface area (Å²) >= 11 is 0. The molecule has 4 aliphatic rings. The fraction of sp³-hybridized carbons (Fsp3) is 0.633. The van der Waals surface area contributed by atoms with Crippen molar-refractivity contribution in [3.05, 3.63) is 88.5 Å². The minimum atomic E-state index is -4.35. The molecule has 0 bridgehead atoms. The summed E-state index contributed by atoms with van der Waals surface area (Å²) in [7, 11) is -1.22. The maximum Gasteiger partial charge on any atom is 0.416 e. The molecule has 0 radical (unpaired) electrons. The average Bonchev–Trinajstić information content (AvgIpc) is 3.89. The maximum absolute atomic E-state index is 14.2. The van der Waals surface area contributed by atoms with Gasteiger partial charge in [-0.15, -0.1) is 0 Å². The van der Waals surface area contributed by atoms with Gasteiger partial charge in [-0.2, -0.15) is 13.2 Å². The quantitative estimate of drug-likeness (QED) is 0.157. The van der Waals surface area contributed by atoms with Crippen LogP contribution in [-0.2, 0) is 23.2 Å². The monoisotopic (exact) mass is 834 g/mol. The van der Waals surface area contributed by atoms with E-state index < -0.39 is 19.7 Å². The van der Waals surface area contributed by atoms with E-state index in [-0.39, 0.29) is 30.6 Å². The summed E-state index contributed by atoms with van der Waals surface area (Å²) in [4.78, 5) is 0. The van der Waals surface area contributed by atoms with Crippen LogP contribution in [-0.4, -0.2) is 17.0 Å². The standard InChI is InChI=1S/C41H53F3P2.C5H10.C3H8.Fe/c1-28-22-29(2)25-35(24-28)45(36-26-30(3)23-32(27-36)41(42,43)44)31(4)37-19-13-20-38(37)39-18-11-12-21-40(39)46(33-14-7-5-8-15-33)34-16-9-6-10-17-34;1-2-4-5-3-1;1-3-2;/h11-12,18,21-27,31,33-34,37-38H,5-10,13-17,19-20H2,1-4H3;1-5H2;3H2,1-2H3;/t31-,37?,38?,45?;;;/m1.../s1. The zero-order valence-electron chi connectivity index (χ0n) is 35.0. The Balaban J connectivity index is 0.000000673. The van der Waals surface area contributed by atoms with Crippen LogP contribution in [0.3, 0.4) is 0 Å². The van der Waals surface area contributed by atoms with Gasteiger partial charge in [0.2, 0.25) is 0 Å². The molecule has 55 heavy (non-hydrogen) atoms. The van der Waals surface area contributed by atoms with Gasteiger partial charge in [-0.25, -0.2) is 0 Å². The van der Waals surface area contributed by atoms with E-state index in [1.165, 1.54) is 144 Å². The second-order valence-corrected chi connectivity index (χ2v) is 22.6. The molecule has 4 saturated carbocycles. The van der Waals surface area contributed by atoms with Crippen molar-refractivity contribution in [1.29, 1.82) is 0 Å². The third kappa shape index (κ3) is 12.9. The molecule has 0 N–H and O–H groups in total. The number of rotatable bonds is 8. The first-order chi connectivity index (χ1) is 26.0. The van der Waals surface area contributed by atoms with Crippen molar-refractivity contribution in [3.63, 3.8) is 0 Å². The summed E-state index contributed by atoms with van der Waals surface area (Å²) in [5, 5.41) is 3.81. The van der Waals surface area contributed by atoms with Crippen molar-refractivity contribution in [2.75, 3.05) is 0 Å². The molecule has 6 heteroatoms. The van der Waals surface area contributed by atoms with Crippen LogP contribution in [0, 0.1) is 26.7 Å². The van der Waals surface area contributed by atoms with Crippen molar-refractivity contribution >= 4 is 31.8 Å². The Labute approximate surface area is 347 Å². The van der Waals surface area contributed by atoms with E-state index in [0.29, 0.717) is 17.4 Å². The first-order valence-electron chi connectivity index (χ1n) is 22.0. The molecule has 0 heterocycles. The molecule has 3 aromatic rings. The number of hydrogen-bond acceptors (Lipinski definition) is 0. The van der Waals surface area contributed by atoms with Gasteiger partial charge in [0, 0.05) is 17.1 Å². The van der Waals surface area contributed by atoms with Crippen molar-refractivity contribution in [2.24, 2.45) is 5.92 Å². The summed E-state index contributed by atoms with van der Waals surface area (Å²) in [6.07, 6.45) is 21.9.